The predicted molar refractivity (Wildman–Crippen MR) is 104 cm³/mol. The number of carbonyl (C=O) groups is 1. The number of hydrogen-bond acceptors (Lipinski definition) is 5. The van der Waals surface area contributed by atoms with Crippen LogP contribution in [0.15, 0.2) is 42.6 Å². The van der Waals surface area contributed by atoms with Crippen molar-refractivity contribution in [2.24, 2.45) is 0 Å². The van der Waals surface area contributed by atoms with Gasteiger partial charge in [0, 0.05) is 44.7 Å². The molecular weight excluding hydrogens is 328 g/mol. The third kappa shape index (κ3) is 4.95. The SMILES string of the molecule is COCCCNC(=O)c1ccc(Nc2ccc(N3CCCC3)cc2)cn1. The molecule has 0 saturated carbocycles. The van der Waals surface area contributed by atoms with Crippen molar-refractivity contribution >= 4 is 23.0 Å². The van der Waals surface area contributed by atoms with Gasteiger partial charge < -0.3 is 20.3 Å². The molecule has 1 fully saturated rings. The smallest absolute Gasteiger partial charge is 0.269 e. The number of rotatable bonds is 8. The lowest BCUT2D eigenvalue weighted by Crippen LogP contribution is -2.26. The van der Waals surface area contributed by atoms with Crippen molar-refractivity contribution < 1.29 is 9.53 Å². The van der Waals surface area contributed by atoms with Gasteiger partial charge in [-0.2, -0.15) is 0 Å². The number of benzene rings is 1. The molecule has 0 spiro atoms. The van der Waals surface area contributed by atoms with Crippen molar-refractivity contribution in [3.63, 3.8) is 0 Å². The quantitative estimate of drug-likeness (QED) is 0.713. The fraction of sp³-hybridized carbons (Fsp3) is 0.400. The zero-order chi connectivity index (χ0) is 18.2. The lowest BCUT2D eigenvalue weighted by Gasteiger charge is -2.18. The summed E-state index contributed by atoms with van der Waals surface area (Å²) in [5, 5.41) is 6.15. The minimum absolute atomic E-state index is 0.164. The maximum Gasteiger partial charge on any atom is 0.269 e. The summed E-state index contributed by atoms with van der Waals surface area (Å²) in [5.41, 5.74) is 3.55. The molecule has 2 aromatic rings. The monoisotopic (exact) mass is 354 g/mol. The Balaban J connectivity index is 1.52. The highest BCUT2D eigenvalue weighted by molar-refractivity contribution is 5.92. The molecule has 0 bridgehead atoms. The van der Waals surface area contributed by atoms with E-state index in [4.69, 9.17) is 4.74 Å². The van der Waals surface area contributed by atoms with Crippen LogP contribution in [0.4, 0.5) is 17.1 Å². The Morgan fingerprint density at radius 2 is 1.85 bits per heavy atom. The average Bonchev–Trinajstić information content (AvgIpc) is 3.21. The normalized spacial score (nSPS) is 13.7. The molecule has 0 aliphatic carbocycles. The van der Waals surface area contributed by atoms with Crippen LogP contribution in [-0.4, -0.2) is 44.2 Å². The van der Waals surface area contributed by atoms with E-state index in [1.54, 1.807) is 19.4 Å². The molecule has 1 aliphatic rings. The molecule has 1 saturated heterocycles. The summed E-state index contributed by atoms with van der Waals surface area (Å²) in [4.78, 5) is 18.6. The van der Waals surface area contributed by atoms with Gasteiger partial charge >= 0.3 is 0 Å². The number of ether oxygens (including phenoxy) is 1. The van der Waals surface area contributed by atoms with E-state index in [9.17, 15) is 4.79 Å². The Bertz CT molecular complexity index is 695. The molecule has 1 aromatic heterocycles. The first kappa shape index (κ1) is 18.2. The minimum atomic E-state index is -0.164. The second-order valence-electron chi connectivity index (χ2n) is 6.40. The van der Waals surface area contributed by atoms with Gasteiger partial charge in [-0.1, -0.05) is 0 Å². The predicted octanol–water partition coefficient (Wildman–Crippen LogP) is 3.19. The van der Waals surface area contributed by atoms with Crippen LogP contribution in [0, 0.1) is 0 Å². The van der Waals surface area contributed by atoms with Gasteiger partial charge in [-0.3, -0.25) is 4.79 Å². The average molecular weight is 354 g/mol. The number of anilines is 3. The fourth-order valence-corrected chi connectivity index (χ4v) is 3.01. The van der Waals surface area contributed by atoms with Gasteiger partial charge in [-0.15, -0.1) is 0 Å². The summed E-state index contributed by atoms with van der Waals surface area (Å²) < 4.78 is 4.96. The first-order chi connectivity index (χ1) is 12.8. The Hall–Kier alpha value is -2.60. The zero-order valence-electron chi connectivity index (χ0n) is 15.2. The van der Waals surface area contributed by atoms with Gasteiger partial charge in [-0.05, 0) is 55.7 Å². The molecule has 0 atom stereocenters. The van der Waals surface area contributed by atoms with Gasteiger partial charge in [0.15, 0.2) is 0 Å². The van der Waals surface area contributed by atoms with Crippen LogP contribution in [0.3, 0.4) is 0 Å². The zero-order valence-corrected chi connectivity index (χ0v) is 15.2. The van der Waals surface area contributed by atoms with E-state index < -0.39 is 0 Å². The molecule has 3 rings (SSSR count). The number of hydrogen-bond donors (Lipinski definition) is 2. The van der Waals surface area contributed by atoms with Crippen molar-refractivity contribution in [2.75, 3.05) is 43.6 Å². The van der Waals surface area contributed by atoms with Gasteiger partial charge in [-0.25, -0.2) is 4.98 Å². The number of amides is 1. The van der Waals surface area contributed by atoms with Crippen LogP contribution in [0.1, 0.15) is 29.8 Å². The third-order valence-electron chi connectivity index (χ3n) is 4.43. The topological polar surface area (TPSA) is 66.5 Å². The molecule has 26 heavy (non-hydrogen) atoms. The minimum Gasteiger partial charge on any atom is -0.385 e. The van der Waals surface area contributed by atoms with E-state index in [2.05, 4.69) is 44.8 Å². The summed E-state index contributed by atoms with van der Waals surface area (Å²) in [6.45, 7) is 3.50. The van der Waals surface area contributed by atoms with Gasteiger partial charge in [0.1, 0.15) is 5.69 Å². The van der Waals surface area contributed by atoms with Crippen molar-refractivity contribution in [3.8, 4) is 0 Å². The van der Waals surface area contributed by atoms with E-state index in [1.165, 1.54) is 18.5 Å². The summed E-state index contributed by atoms with van der Waals surface area (Å²) in [7, 11) is 1.65. The first-order valence-electron chi connectivity index (χ1n) is 9.11. The Morgan fingerprint density at radius 3 is 2.50 bits per heavy atom. The summed E-state index contributed by atoms with van der Waals surface area (Å²) in [6.07, 6.45) is 5.02. The maximum absolute atomic E-state index is 12.0. The van der Waals surface area contributed by atoms with E-state index in [-0.39, 0.29) is 5.91 Å². The highest BCUT2D eigenvalue weighted by Crippen LogP contribution is 2.23. The lowest BCUT2D eigenvalue weighted by molar-refractivity contribution is 0.0943. The molecule has 1 aromatic carbocycles. The van der Waals surface area contributed by atoms with Crippen LogP contribution >= 0.6 is 0 Å². The van der Waals surface area contributed by atoms with E-state index >= 15 is 0 Å². The second kappa shape index (κ2) is 9.20. The molecule has 0 unspecified atom stereocenters. The molecule has 2 heterocycles. The maximum atomic E-state index is 12.0. The van der Waals surface area contributed by atoms with Crippen molar-refractivity contribution in [2.45, 2.75) is 19.3 Å². The number of pyridine rings is 1. The lowest BCUT2D eigenvalue weighted by atomic mass is 10.2. The van der Waals surface area contributed by atoms with E-state index in [0.29, 0.717) is 18.8 Å². The molecule has 2 N–H and O–H groups in total. The number of nitrogens with one attached hydrogen (secondary N) is 2. The standard InChI is InChI=1S/C20H26N4O2/c1-26-14-4-11-21-20(25)19-10-7-17(15-22-19)23-16-5-8-18(9-6-16)24-12-2-3-13-24/h5-10,15,23H,2-4,11-14H2,1H3,(H,21,25). The van der Waals surface area contributed by atoms with Crippen LogP contribution in [-0.2, 0) is 4.74 Å². The molecule has 1 amide bonds. The number of methoxy groups -OCH3 is 1. The van der Waals surface area contributed by atoms with E-state index in [1.807, 2.05) is 6.07 Å². The Labute approximate surface area is 154 Å². The Kier molecular flexibility index (Phi) is 6.44. The van der Waals surface area contributed by atoms with Crippen molar-refractivity contribution in [3.05, 3.63) is 48.3 Å². The van der Waals surface area contributed by atoms with Gasteiger partial charge in [0.05, 0.1) is 11.9 Å². The second-order valence-corrected chi connectivity index (χ2v) is 6.40. The molecule has 0 radical (unpaired) electrons. The third-order valence-corrected chi connectivity index (χ3v) is 4.43. The van der Waals surface area contributed by atoms with E-state index in [0.717, 1.165) is 30.9 Å². The van der Waals surface area contributed by atoms with Crippen LogP contribution in [0.5, 0.6) is 0 Å². The highest BCUT2D eigenvalue weighted by Gasteiger charge is 2.12. The highest BCUT2D eigenvalue weighted by atomic mass is 16.5. The van der Waals surface area contributed by atoms with Crippen molar-refractivity contribution in [1.29, 1.82) is 0 Å². The van der Waals surface area contributed by atoms with Gasteiger partial charge in [0.2, 0.25) is 0 Å². The molecule has 6 nitrogen and oxygen atoms in total. The molecule has 1 aliphatic heterocycles. The summed E-state index contributed by atoms with van der Waals surface area (Å²) in [6, 6.07) is 12.0. The van der Waals surface area contributed by atoms with Gasteiger partial charge in [0.25, 0.3) is 5.91 Å². The van der Waals surface area contributed by atoms with Crippen LogP contribution in [0.2, 0.25) is 0 Å². The number of nitrogens with zero attached hydrogens (tertiary/aromatic N) is 2. The number of carbonyl (C=O) groups excluding carboxylic acids is 1. The first-order valence-corrected chi connectivity index (χ1v) is 9.11. The summed E-state index contributed by atoms with van der Waals surface area (Å²) in [5.74, 6) is -0.164. The van der Waals surface area contributed by atoms with Crippen LogP contribution < -0.4 is 15.5 Å². The summed E-state index contributed by atoms with van der Waals surface area (Å²) >= 11 is 0. The van der Waals surface area contributed by atoms with Crippen molar-refractivity contribution in [1.82, 2.24) is 10.3 Å². The molecule has 6 heteroatoms. The largest absolute Gasteiger partial charge is 0.385 e. The molecule has 138 valence electrons. The fourth-order valence-electron chi connectivity index (χ4n) is 3.01. The number of aromatic nitrogens is 1. The van der Waals surface area contributed by atoms with Crippen LogP contribution in [0.25, 0.3) is 0 Å². The Morgan fingerprint density at radius 1 is 1.12 bits per heavy atom. The molecular formula is C20H26N4O2.